The van der Waals surface area contributed by atoms with E-state index in [2.05, 4.69) is 0 Å². The van der Waals surface area contributed by atoms with Gasteiger partial charge in [0, 0.05) is 6.26 Å². The van der Waals surface area contributed by atoms with Gasteiger partial charge in [-0.15, -0.1) is 0 Å². The van der Waals surface area contributed by atoms with Gasteiger partial charge in [-0.25, -0.2) is 13.2 Å². The molecule has 0 spiro atoms. The number of aromatic nitrogens is 2. The van der Waals surface area contributed by atoms with Gasteiger partial charge in [0.2, 0.25) is 0 Å². The molecule has 33 heavy (non-hydrogen) atoms. The van der Waals surface area contributed by atoms with E-state index in [1.807, 2.05) is 0 Å². The molecule has 3 aromatic rings. The number of ether oxygens (including phenoxy) is 2. The van der Waals surface area contributed by atoms with Gasteiger partial charge >= 0.3 is 11.9 Å². The van der Waals surface area contributed by atoms with Crippen LogP contribution < -0.4 is 15.2 Å². The number of halogens is 4. The van der Waals surface area contributed by atoms with E-state index in [1.165, 1.54) is 31.4 Å². The summed E-state index contributed by atoms with van der Waals surface area (Å²) in [6.45, 7) is 0.464. The average molecular weight is 507 g/mol. The van der Waals surface area contributed by atoms with Gasteiger partial charge in [0.1, 0.15) is 16.4 Å². The second-order valence-electron chi connectivity index (χ2n) is 7.41. The number of hydrogen-bond donors (Lipinski definition) is 0. The lowest BCUT2D eigenvalue weighted by Crippen LogP contribution is -2.34. The zero-order valence-corrected chi connectivity index (χ0v) is 19.6. The van der Waals surface area contributed by atoms with E-state index < -0.39 is 40.0 Å². The van der Waals surface area contributed by atoms with Crippen molar-refractivity contribution in [3.63, 3.8) is 0 Å². The molecule has 0 aliphatic carbocycles. The summed E-state index contributed by atoms with van der Waals surface area (Å²) in [6.07, 6.45) is -3.71. The molecule has 0 aliphatic heterocycles. The number of para-hydroxylation sites is 1. The number of imidazole rings is 1. The number of nitrogens with zero attached hydrogens (tertiary/aromatic N) is 2. The van der Waals surface area contributed by atoms with Crippen molar-refractivity contribution < 1.29 is 31.1 Å². The Labute approximate surface area is 193 Å². The first-order valence-electron chi connectivity index (χ1n) is 9.80. The lowest BCUT2D eigenvalue weighted by molar-refractivity contribution is -0.140. The van der Waals surface area contributed by atoms with Crippen LogP contribution in [-0.2, 0) is 16.4 Å². The Morgan fingerprint density at radius 3 is 2.42 bits per heavy atom. The fourth-order valence-corrected chi connectivity index (χ4v) is 4.88. The summed E-state index contributed by atoms with van der Waals surface area (Å²) in [5.74, 6) is 0.150. The minimum absolute atomic E-state index is 0.0598. The molecular formula is C21H22ClF3N2O5S. The molecule has 1 atom stereocenters. The van der Waals surface area contributed by atoms with E-state index in [4.69, 9.17) is 21.1 Å². The molecule has 0 N–H and O–H groups in total. The Kier molecular flexibility index (Phi) is 7.04. The average Bonchev–Trinajstić information content (AvgIpc) is 2.97. The summed E-state index contributed by atoms with van der Waals surface area (Å²) in [6, 6.07) is 7.74. The number of alkyl halides is 3. The van der Waals surface area contributed by atoms with Crippen LogP contribution in [0.5, 0.6) is 11.5 Å². The number of methoxy groups -OCH3 is 1. The molecule has 1 heterocycles. The van der Waals surface area contributed by atoms with Crippen LogP contribution in [0, 0.1) is 0 Å². The van der Waals surface area contributed by atoms with Crippen LogP contribution in [0.2, 0.25) is 5.02 Å². The summed E-state index contributed by atoms with van der Waals surface area (Å²) in [5.41, 5.74) is -0.728. The molecular weight excluding hydrogens is 485 g/mol. The lowest BCUT2D eigenvalue weighted by atomic mass is 10.1. The quantitative estimate of drug-likeness (QED) is 0.460. The summed E-state index contributed by atoms with van der Waals surface area (Å²) in [7, 11) is -2.24. The number of hydrogen-bond acceptors (Lipinski definition) is 5. The molecule has 0 radical (unpaired) electrons. The molecule has 0 saturated carbocycles. The zero-order chi connectivity index (χ0) is 24.6. The third-order valence-corrected chi connectivity index (χ3v) is 6.14. The molecule has 0 saturated heterocycles. The maximum Gasteiger partial charge on any atom is 0.406 e. The largest absolute Gasteiger partial charge is 0.493 e. The SMILES string of the molecule is CCOc1cc(C(CS(C)(=O)=O)n2c(=O)n(CC(F)(F)F)c3c(Cl)cccc32)ccc1OC. The fraction of sp³-hybridized carbons (Fsp3) is 0.381. The van der Waals surface area contributed by atoms with Crippen molar-refractivity contribution in [3.05, 3.63) is 57.5 Å². The van der Waals surface area contributed by atoms with E-state index >= 15 is 0 Å². The van der Waals surface area contributed by atoms with Crippen molar-refractivity contribution in [1.29, 1.82) is 0 Å². The van der Waals surface area contributed by atoms with Crippen molar-refractivity contribution in [2.45, 2.75) is 25.7 Å². The van der Waals surface area contributed by atoms with E-state index in [-0.39, 0.29) is 22.7 Å². The van der Waals surface area contributed by atoms with Crippen molar-refractivity contribution in [3.8, 4) is 11.5 Å². The molecule has 0 amide bonds. The minimum Gasteiger partial charge on any atom is -0.493 e. The zero-order valence-electron chi connectivity index (χ0n) is 18.0. The maximum absolute atomic E-state index is 13.3. The lowest BCUT2D eigenvalue weighted by Gasteiger charge is -2.20. The second-order valence-corrected chi connectivity index (χ2v) is 10.0. The van der Waals surface area contributed by atoms with Gasteiger partial charge in [-0.2, -0.15) is 13.2 Å². The molecule has 12 heteroatoms. The first-order valence-corrected chi connectivity index (χ1v) is 12.2. The van der Waals surface area contributed by atoms with Gasteiger partial charge in [-0.1, -0.05) is 23.7 Å². The van der Waals surface area contributed by atoms with Crippen LogP contribution >= 0.6 is 11.6 Å². The van der Waals surface area contributed by atoms with Gasteiger partial charge < -0.3 is 9.47 Å². The molecule has 180 valence electrons. The Balaban J connectivity index is 2.35. The number of rotatable bonds is 8. The second kappa shape index (κ2) is 9.30. The summed E-state index contributed by atoms with van der Waals surface area (Å²) in [5, 5.41) is -0.0598. The highest BCUT2D eigenvalue weighted by molar-refractivity contribution is 7.90. The number of sulfone groups is 1. The molecule has 3 rings (SSSR count). The Morgan fingerprint density at radius 2 is 1.85 bits per heavy atom. The van der Waals surface area contributed by atoms with Crippen molar-refractivity contribution >= 4 is 32.5 Å². The monoisotopic (exact) mass is 506 g/mol. The third kappa shape index (κ3) is 5.47. The number of benzene rings is 2. The maximum atomic E-state index is 13.3. The first kappa shape index (κ1) is 25.0. The first-order chi connectivity index (χ1) is 15.4. The van der Waals surface area contributed by atoms with Crippen LogP contribution in [0.3, 0.4) is 0 Å². The predicted octanol–water partition coefficient (Wildman–Crippen LogP) is 4.06. The highest BCUT2D eigenvalue weighted by Gasteiger charge is 2.33. The van der Waals surface area contributed by atoms with Gasteiger partial charge in [0.15, 0.2) is 11.5 Å². The molecule has 0 bridgehead atoms. The van der Waals surface area contributed by atoms with E-state index in [0.717, 1.165) is 10.8 Å². The summed E-state index contributed by atoms with van der Waals surface area (Å²) >= 11 is 6.17. The van der Waals surface area contributed by atoms with E-state index in [9.17, 15) is 26.4 Å². The third-order valence-electron chi connectivity index (χ3n) is 4.91. The Hall–Kier alpha value is -2.66. The van der Waals surface area contributed by atoms with Crippen LogP contribution in [-0.4, -0.2) is 49.5 Å². The van der Waals surface area contributed by atoms with Crippen LogP contribution in [0.1, 0.15) is 18.5 Å². The predicted molar refractivity (Wildman–Crippen MR) is 119 cm³/mol. The van der Waals surface area contributed by atoms with Gasteiger partial charge in [0.25, 0.3) is 0 Å². The smallest absolute Gasteiger partial charge is 0.406 e. The van der Waals surface area contributed by atoms with Crippen molar-refractivity contribution in [1.82, 2.24) is 9.13 Å². The van der Waals surface area contributed by atoms with Crippen LogP contribution in [0.4, 0.5) is 13.2 Å². The van der Waals surface area contributed by atoms with Crippen molar-refractivity contribution in [2.75, 3.05) is 25.7 Å². The van der Waals surface area contributed by atoms with Crippen molar-refractivity contribution in [2.24, 2.45) is 0 Å². The Bertz CT molecular complexity index is 1330. The highest BCUT2D eigenvalue weighted by atomic mass is 35.5. The minimum atomic E-state index is -4.70. The Morgan fingerprint density at radius 1 is 1.15 bits per heavy atom. The molecule has 2 aromatic carbocycles. The van der Waals surface area contributed by atoms with E-state index in [0.29, 0.717) is 21.6 Å². The standard InChI is InChI=1S/C21H22ClF3N2O5S/c1-4-32-18-10-13(8-9-17(18)31-2)16(11-33(3,29)30)27-15-7-5-6-14(22)19(15)26(20(27)28)12-21(23,24)25/h5-10,16H,4,11-12H2,1-3H3. The van der Waals surface area contributed by atoms with Gasteiger partial charge in [-0.05, 0) is 36.8 Å². The normalized spacial score (nSPS) is 13.3. The molecule has 1 unspecified atom stereocenters. The summed E-state index contributed by atoms with van der Waals surface area (Å²) < 4.78 is 76.7. The topological polar surface area (TPSA) is 79.5 Å². The number of fused-ring (bicyclic) bond motifs is 1. The molecule has 0 aliphatic rings. The molecule has 1 aromatic heterocycles. The highest BCUT2D eigenvalue weighted by Crippen LogP contribution is 2.34. The fourth-order valence-electron chi connectivity index (χ4n) is 3.70. The molecule has 0 fully saturated rings. The van der Waals surface area contributed by atoms with Gasteiger partial charge in [0.05, 0.1) is 41.6 Å². The van der Waals surface area contributed by atoms with Gasteiger partial charge in [-0.3, -0.25) is 9.13 Å². The van der Waals surface area contributed by atoms with E-state index in [1.54, 1.807) is 19.1 Å². The van der Waals surface area contributed by atoms with Crippen LogP contribution in [0.25, 0.3) is 11.0 Å². The molecule has 7 nitrogen and oxygen atoms in total. The van der Waals surface area contributed by atoms with Crippen LogP contribution in [0.15, 0.2) is 41.2 Å². The summed E-state index contributed by atoms with van der Waals surface area (Å²) in [4.78, 5) is 13.3.